The zero-order valence-corrected chi connectivity index (χ0v) is 9.01. The SMILES string of the molecule is FC(F)(F)C1(c2ccccc2CBr)N=N1. The Hall–Kier alpha value is -0.910. The molecule has 0 N–H and O–H groups in total. The third kappa shape index (κ3) is 1.56. The predicted molar refractivity (Wildman–Crippen MR) is 51.7 cm³/mol. The topological polar surface area (TPSA) is 24.7 Å². The molecule has 80 valence electrons. The van der Waals surface area contributed by atoms with E-state index >= 15 is 0 Å². The first-order chi connectivity index (χ1) is 7.01. The van der Waals surface area contributed by atoms with Crippen molar-refractivity contribution in [2.75, 3.05) is 0 Å². The maximum atomic E-state index is 12.7. The summed E-state index contributed by atoms with van der Waals surface area (Å²) in [6, 6.07) is 6.27. The van der Waals surface area contributed by atoms with Gasteiger partial charge in [-0.3, -0.25) is 0 Å². The van der Waals surface area contributed by atoms with E-state index in [0.29, 0.717) is 10.9 Å². The Kier molecular flexibility index (Phi) is 2.33. The number of hydrogen-bond donors (Lipinski definition) is 0. The largest absolute Gasteiger partial charge is 0.442 e. The minimum Gasteiger partial charge on any atom is -0.166 e. The molecule has 0 aromatic heterocycles. The van der Waals surface area contributed by atoms with Crippen LogP contribution in [0, 0.1) is 0 Å². The Morgan fingerprint density at radius 3 is 2.27 bits per heavy atom. The lowest BCUT2D eigenvalue weighted by molar-refractivity contribution is -0.166. The van der Waals surface area contributed by atoms with Crippen LogP contribution in [0.1, 0.15) is 11.1 Å². The smallest absolute Gasteiger partial charge is 0.166 e. The van der Waals surface area contributed by atoms with Crippen LogP contribution >= 0.6 is 15.9 Å². The first-order valence-electron chi connectivity index (χ1n) is 4.16. The Morgan fingerprint density at radius 2 is 1.80 bits per heavy atom. The fourth-order valence-corrected chi connectivity index (χ4v) is 1.89. The molecule has 2 nitrogen and oxygen atoms in total. The Balaban J connectivity index is 2.46. The lowest BCUT2D eigenvalue weighted by atomic mass is 9.98. The molecule has 0 atom stereocenters. The molecule has 6 heteroatoms. The van der Waals surface area contributed by atoms with Crippen molar-refractivity contribution < 1.29 is 13.2 Å². The first-order valence-corrected chi connectivity index (χ1v) is 5.28. The zero-order chi connectivity index (χ0) is 11.1. The van der Waals surface area contributed by atoms with Crippen molar-refractivity contribution in [3.8, 4) is 0 Å². The van der Waals surface area contributed by atoms with Gasteiger partial charge < -0.3 is 0 Å². The minimum atomic E-state index is -4.45. The molecule has 0 saturated heterocycles. The van der Waals surface area contributed by atoms with Crippen LogP contribution in [0.25, 0.3) is 0 Å². The summed E-state index contributed by atoms with van der Waals surface area (Å²) in [5, 5.41) is 6.68. The number of halogens is 4. The van der Waals surface area contributed by atoms with Crippen molar-refractivity contribution in [1.29, 1.82) is 0 Å². The van der Waals surface area contributed by atoms with Gasteiger partial charge in [-0.25, -0.2) is 0 Å². The highest BCUT2D eigenvalue weighted by molar-refractivity contribution is 9.08. The summed E-state index contributed by atoms with van der Waals surface area (Å²) in [5.41, 5.74) is -1.65. The molecule has 0 saturated carbocycles. The molecule has 1 heterocycles. The maximum absolute atomic E-state index is 12.7. The third-order valence-electron chi connectivity index (χ3n) is 2.23. The van der Waals surface area contributed by atoms with Gasteiger partial charge in [0.25, 0.3) is 0 Å². The fraction of sp³-hybridized carbons (Fsp3) is 0.333. The number of alkyl halides is 4. The highest BCUT2D eigenvalue weighted by atomic mass is 79.9. The third-order valence-corrected chi connectivity index (χ3v) is 2.84. The van der Waals surface area contributed by atoms with Gasteiger partial charge >= 0.3 is 11.8 Å². The van der Waals surface area contributed by atoms with E-state index in [9.17, 15) is 13.2 Å². The Labute approximate surface area is 92.3 Å². The molecule has 0 spiro atoms. The molecule has 1 aliphatic rings. The molecule has 0 unspecified atom stereocenters. The number of benzene rings is 1. The summed E-state index contributed by atoms with van der Waals surface area (Å²) in [5.74, 6) is 0. The molecule has 15 heavy (non-hydrogen) atoms. The van der Waals surface area contributed by atoms with E-state index in [1.807, 2.05) is 0 Å². The molecule has 1 aromatic carbocycles. The van der Waals surface area contributed by atoms with Gasteiger partial charge in [-0.05, 0) is 5.56 Å². The minimum absolute atomic E-state index is 0.106. The van der Waals surface area contributed by atoms with Gasteiger partial charge in [0.05, 0.1) is 0 Å². The van der Waals surface area contributed by atoms with Crippen LogP contribution in [-0.2, 0) is 11.0 Å². The van der Waals surface area contributed by atoms with E-state index in [-0.39, 0.29) is 5.56 Å². The molecular formula is C9H6BrF3N2. The van der Waals surface area contributed by atoms with Gasteiger partial charge in [0.15, 0.2) is 0 Å². The van der Waals surface area contributed by atoms with E-state index in [2.05, 4.69) is 26.2 Å². The van der Waals surface area contributed by atoms with Gasteiger partial charge in [-0.1, -0.05) is 40.2 Å². The van der Waals surface area contributed by atoms with Gasteiger partial charge in [0.1, 0.15) is 0 Å². The summed E-state index contributed by atoms with van der Waals surface area (Å²) >= 11 is 3.14. The number of rotatable bonds is 2. The van der Waals surface area contributed by atoms with Crippen molar-refractivity contribution in [2.24, 2.45) is 10.2 Å². The van der Waals surface area contributed by atoms with Gasteiger partial charge in [0.2, 0.25) is 0 Å². The lowest BCUT2D eigenvalue weighted by Gasteiger charge is -2.17. The van der Waals surface area contributed by atoms with E-state index < -0.39 is 11.8 Å². The monoisotopic (exact) mass is 278 g/mol. The first kappa shape index (κ1) is 10.6. The molecule has 0 fully saturated rings. The number of hydrogen-bond acceptors (Lipinski definition) is 2. The molecule has 1 aliphatic heterocycles. The average molecular weight is 279 g/mol. The van der Waals surface area contributed by atoms with Crippen molar-refractivity contribution in [3.05, 3.63) is 35.4 Å². The summed E-state index contributed by atoms with van der Waals surface area (Å²) in [7, 11) is 0. The summed E-state index contributed by atoms with van der Waals surface area (Å²) in [6.07, 6.45) is -4.45. The van der Waals surface area contributed by atoms with Crippen molar-refractivity contribution in [2.45, 2.75) is 17.2 Å². The zero-order valence-electron chi connectivity index (χ0n) is 7.42. The molecule has 2 rings (SSSR count). The van der Waals surface area contributed by atoms with Crippen LogP contribution in [0.2, 0.25) is 0 Å². The van der Waals surface area contributed by atoms with Gasteiger partial charge in [0, 0.05) is 10.9 Å². The van der Waals surface area contributed by atoms with Crippen LogP contribution in [-0.4, -0.2) is 6.18 Å². The standard InChI is InChI=1S/C9H6BrF3N2/c10-5-6-3-1-2-4-7(6)8(14-15-8)9(11,12)13/h1-4H,5H2. The van der Waals surface area contributed by atoms with Crippen molar-refractivity contribution >= 4 is 15.9 Å². The lowest BCUT2D eigenvalue weighted by Crippen LogP contribution is -2.31. The Bertz CT molecular complexity index is 408. The predicted octanol–water partition coefficient (Wildman–Crippen LogP) is 3.76. The van der Waals surface area contributed by atoms with Crippen molar-refractivity contribution in [3.63, 3.8) is 0 Å². The van der Waals surface area contributed by atoms with E-state index in [0.717, 1.165) is 0 Å². The molecule has 0 amide bonds. The average Bonchev–Trinajstić information content (AvgIpc) is 2.97. The number of nitrogens with zero attached hydrogens (tertiary/aromatic N) is 2. The van der Waals surface area contributed by atoms with Crippen LogP contribution < -0.4 is 0 Å². The molecule has 1 aromatic rings. The second-order valence-electron chi connectivity index (χ2n) is 3.16. The van der Waals surface area contributed by atoms with Crippen molar-refractivity contribution in [1.82, 2.24) is 0 Å². The van der Waals surface area contributed by atoms with Crippen LogP contribution in [0.4, 0.5) is 13.2 Å². The normalized spacial score (nSPS) is 17.9. The second-order valence-corrected chi connectivity index (χ2v) is 3.72. The highest BCUT2D eigenvalue weighted by Crippen LogP contribution is 2.53. The van der Waals surface area contributed by atoms with Crippen LogP contribution in [0.3, 0.4) is 0 Å². The van der Waals surface area contributed by atoms with E-state index in [4.69, 9.17) is 0 Å². The van der Waals surface area contributed by atoms with Crippen LogP contribution in [0.15, 0.2) is 34.5 Å². The van der Waals surface area contributed by atoms with Crippen LogP contribution in [0.5, 0.6) is 0 Å². The summed E-state index contributed by atoms with van der Waals surface area (Å²) in [4.78, 5) is 0. The molecule has 0 radical (unpaired) electrons. The van der Waals surface area contributed by atoms with E-state index in [1.165, 1.54) is 6.07 Å². The summed E-state index contributed by atoms with van der Waals surface area (Å²) < 4.78 is 38.1. The molecular weight excluding hydrogens is 273 g/mol. The van der Waals surface area contributed by atoms with Gasteiger partial charge in [-0.2, -0.15) is 13.2 Å². The molecule has 0 bridgehead atoms. The quantitative estimate of drug-likeness (QED) is 0.736. The van der Waals surface area contributed by atoms with E-state index in [1.54, 1.807) is 18.2 Å². The fourth-order valence-electron chi connectivity index (χ4n) is 1.40. The summed E-state index contributed by atoms with van der Waals surface area (Å²) in [6.45, 7) is 0. The maximum Gasteiger partial charge on any atom is 0.442 e. The molecule has 0 aliphatic carbocycles. The Morgan fingerprint density at radius 1 is 1.20 bits per heavy atom. The highest BCUT2D eigenvalue weighted by Gasteiger charge is 2.65. The second kappa shape index (κ2) is 3.30. The van der Waals surface area contributed by atoms with Gasteiger partial charge in [-0.15, -0.1) is 10.2 Å².